The molecule has 1 aromatic carbocycles. The predicted octanol–water partition coefficient (Wildman–Crippen LogP) is 8.20. The molecule has 0 saturated carbocycles. The minimum Gasteiger partial charge on any atom is -0.444 e. The Morgan fingerprint density at radius 1 is 0.844 bits per heavy atom. The smallest absolute Gasteiger partial charge is 0.410 e. The van der Waals surface area contributed by atoms with Crippen molar-refractivity contribution in [1.29, 1.82) is 0 Å². The zero-order chi connectivity index (χ0) is 32.1. The van der Waals surface area contributed by atoms with Crippen molar-refractivity contribution in [2.45, 2.75) is 65.7 Å². The van der Waals surface area contributed by atoms with Crippen molar-refractivity contribution in [1.82, 2.24) is 19.8 Å². The number of nitrogens with zero attached hydrogens (tertiary/aromatic N) is 5. The first-order chi connectivity index (χ1) is 21.2. The fourth-order valence-electron chi connectivity index (χ4n) is 5.47. The van der Waals surface area contributed by atoms with Crippen LogP contribution < -0.4 is 4.90 Å². The van der Waals surface area contributed by atoms with E-state index in [1.165, 1.54) is 10.4 Å². The molecule has 4 aromatic rings. The van der Waals surface area contributed by atoms with E-state index in [4.69, 9.17) is 19.4 Å². The summed E-state index contributed by atoms with van der Waals surface area (Å²) >= 11 is 7.16. The van der Waals surface area contributed by atoms with E-state index < -0.39 is 11.2 Å². The van der Waals surface area contributed by atoms with Gasteiger partial charge in [0.2, 0.25) is 0 Å². The van der Waals surface area contributed by atoms with Crippen LogP contribution in [0.1, 0.15) is 52.0 Å². The molecule has 0 radical (unpaired) electrons. The van der Waals surface area contributed by atoms with Gasteiger partial charge in [-0.15, -0.1) is 22.7 Å². The lowest BCUT2D eigenvalue weighted by molar-refractivity contribution is 0.0221. The summed E-state index contributed by atoms with van der Waals surface area (Å²) < 4.78 is 13.3. The highest BCUT2D eigenvalue weighted by atomic mass is 79.9. The zero-order valence-corrected chi connectivity index (χ0v) is 29.7. The first kappa shape index (κ1) is 31.7. The van der Waals surface area contributed by atoms with Gasteiger partial charge in [-0.1, -0.05) is 6.07 Å². The Kier molecular flexibility index (Phi) is 8.60. The van der Waals surface area contributed by atoms with Crippen LogP contribution >= 0.6 is 38.6 Å². The zero-order valence-electron chi connectivity index (χ0n) is 26.5. The molecule has 0 unspecified atom stereocenters. The quantitative estimate of drug-likeness (QED) is 0.212. The lowest BCUT2D eigenvalue weighted by atomic mass is 10.0. The van der Waals surface area contributed by atoms with E-state index in [1.54, 1.807) is 32.5 Å². The Labute approximate surface area is 280 Å². The van der Waals surface area contributed by atoms with Gasteiger partial charge < -0.3 is 24.2 Å². The van der Waals surface area contributed by atoms with E-state index in [0.29, 0.717) is 39.3 Å². The fraction of sp³-hybridized carbons (Fsp3) is 0.455. The lowest BCUT2D eigenvalue weighted by Crippen LogP contribution is -2.50. The molecule has 12 heteroatoms. The van der Waals surface area contributed by atoms with Crippen molar-refractivity contribution in [2.75, 3.05) is 37.6 Å². The molecule has 1 saturated heterocycles. The van der Waals surface area contributed by atoms with Crippen LogP contribution in [0, 0.1) is 0 Å². The van der Waals surface area contributed by atoms with Crippen molar-refractivity contribution in [3.8, 4) is 21.7 Å². The van der Waals surface area contributed by atoms with E-state index >= 15 is 0 Å². The number of carbonyl (C=O) groups is 2. The Morgan fingerprint density at radius 2 is 1.51 bits per heavy atom. The minimum atomic E-state index is -0.517. The number of pyridine rings is 1. The molecule has 2 amide bonds. The van der Waals surface area contributed by atoms with Crippen molar-refractivity contribution < 1.29 is 19.1 Å². The molecule has 6 rings (SSSR count). The summed E-state index contributed by atoms with van der Waals surface area (Å²) in [6.45, 7) is 15.1. The van der Waals surface area contributed by atoms with Gasteiger partial charge in [0.05, 0.1) is 20.5 Å². The third-order valence-corrected chi connectivity index (χ3v) is 10.5. The van der Waals surface area contributed by atoms with Gasteiger partial charge in [-0.05, 0) is 99.3 Å². The molecular weight excluding hydrogens is 674 g/mol. The summed E-state index contributed by atoms with van der Waals surface area (Å²) in [6.07, 6.45) is 2.15. The number of fused-ring (bicyclic) bond motifs is 2. The maximum Gasteiger partial charge on any atom is 0.410 e. The first-order valence-electron chi connectivity index (χ1n) is 15.1. The van der Waals surface area contributed by atoms with Crippen LogP contribution in [-0.4, -0.2) is 75.9 Å². The second kappa shape index (κ2) is 12.2. The van der Waals surface area contributed by atoms with Crippen LogP contribution in [0.25, 0.3) is 31.9 Å². The third kappa shape index (κ3) is 7.12. The molecule has 0 aliphatic carbocycles. The van der Waals surface area contributed by atoms with Crippen LogP contribution in [0.2, 0.25) is 0 Å². The highest BCUT2D eigenvalue weighted by molar-refractivity contribution is 9.11. The van der Waals surface area contributed by atoms with Gasteiger partial charge in [0.25, 0.3) is 0 Å². The summed E-state index contributed by atoms with van der Waals surface area (Å²) in [5.41, 5.74) is 4.48. The number of ether oxygens (including phenoxy) is 2. The molecule has 2 aliphatic heterocycles. The van der Waals surface area contributed by atoms with Crippen LogP contribution in [0.5, 0.6) is 0 Å². The number of anilines is 1. The SMILES string of the molecule is CC(C)(C)OC(=O)N1CCN(c2ccc(-c3ccc4nc(-c5c(Br)sc6c5CCN(C(=O)OC(C)(C)C)C6)sc4c3)cn2)CC1. The van der Waals surface area contributed by atoms with Gasteiger partial charge in [0.1, 0.15) is 22.0 Å². The fourth-order valence-corrected chi connectivity index (χ4v) is 8.84. The van der Waals surface area contributed by atoms with Crippen LogP contribution in [0.4, 0.5) is 15.4 Å². The molecule has 0 N–H and O–H groups in total. The maximum absolute atomic E-state index is 12.7. The number of piperazine rings is 1. The monoisotopic (exact) mass is 711 g/mol. The van der Waals surface area contributed by atoms with E-state index in [2.05, 4.69) is 51.2 Å². The number of carbonyl (C=O) groups excluding carboxylic acids is 2. The summed E-state index contributed by atoms with van der Waals surface area (Å²) in [5, 5.41) is 0.983. The van der Waals surface area contributed by atoms with Gasteiger partial charge in [0.15, 0.2) is 0 Å². The topological polar surface area (TPSA) is 88.1 Å². The van der Waals surface area contributed by atoms with Crippen molar-refractivity contribution in [2.24, 2.45) is 0 Å². The van der Waals surface area contributed by atoms with E-state index in [9.17, 15) is 9.59 Å². The number of amides is 2. The number of thiazole rings is 1. The molecule has 1 fully saturated rings. The third-order valence-electron chi connectivity index (χ3n) is 7.60. The summed E-state index contributed by atoms with van der Waals surface area (Å²) in [5.74, 6) is 0.904. The molecule has 5 heterocycles. The number of halogens is 1. The first-order valence-corrected chi connectivity index (χ1v) is 17.5. The van der Waals surface area contributed by atoms with Gasteiger partial charge in [-0.2, -0.15) is 0 Å². The Balaban J connectivity index is 1.15. The normalized spacial score (nSPS) is 15.8. The van der Waals surface area contributed by atoms with Gasteiger partial charge >= 0.3 is 12.2 Å². The van der Waals surface area contributed by atoms with E-state index in [1.807, 2.05) is 47.7 Å². The van der Waals surface area contributed by atoms with E-state index in [0.717, 1.165) is 47.9 Å². The molecule has 0 atom stereocenters. The molecule has 0 bridgehead atoms. The predicted molar refractivity (Wildman–Crippen MR) is 184 cm³/mol. The van der Waals surface area contributed by atoms with Gasteiger partial charge in [0, 0.05) is 54.9 Å². The Bertz CT molecular complexity index is 1730. The van der Waals surface area contributed by atoms with Crippen molar-refractivity contribution in [3.05, 3.63) is 50.8 Å². The number of hydrogen-bond donors (Lipinski definition) is 0. The number of rotatable bonds is 3. The largest absolute Gasteiger partial charge is 0.444 e. The summed E-state index contributed by atoms with van der Waals surface area (Å²) in [6, 6.07) is 10.5. The van der Waals surface area contributed by atoms with E-state index in [-0.39, 0.29) is 12.2 Å². The lowest BCUT2D eigenvalue weighted by Gasteiger charge is -2.36. The van der Waals surface area contributed by atoms with Crippen molar-refractivity contribution in [3.63, 3.8) is 0 Å². The molecule has 45 heavy (non-hydrogen) atoms. The summed E-state index contributed by atoms with van der Waals surface area (Å²) in [7, 11) is 0. The second-order valence-corrected chi connectivity index (χ2v) is 16.8. The number of hydrogen-bond acceptors (Lipinski definition) is 9. The van der Waals surface area contributed by atoms with Gasteiger partial charge in [-0.25, -0.2) is 19.6 Å². The molecular formula is C33H38BrN5O4S2. The molecule has 238 valence electrons. The second-order valence-electron chi connectivity index (χ2n) is 13.4. The number of benzene rings is 1. The molecule has 9 nitrogen and oxygen atoms in total. The van der Waals surface area contributed by atoms with Crippen LogP contribution in [0.15, 0.2) is 40.3 Å². The minimum absolute atomic E-state index is 0.261. The highest BCUT2D eigenvalue weighted by Gasteiger charge is 2.31. The average molecular weight is 713 g/mol. The molecule has 2 aliphatic rings. The Hall–Kier alpha value is -3.22. The van der Waals surface area contributed by atoms with Gasteiger partial charge in [-0.3, -0.25) is 0 Å². The molecule has 0 spiro atoms. The number of aromatic nitrogens is 2. The standard InChI is InChI=1S/C33H38BrN5O4S2/c1-32(2,3)42-30(40)38-15-13-37(14-16-38)26-10-8-21(18-35-26)20-7-9-23-24(17-20)45-29(36-23)27-22-11-12-39(19-25(22)44-28(27)34)31(41)43-33(4,5)6/h7-10,17-18H,11-16,19H2,1-6H3. The highest BCUT2D eigenvalue weighted by Crippen LogP contribution is 2.45. The van der Waals surface area contributed by atoms with Crippen molar-refractivity contribution >= 4 is 66.8 Å². The maximum atomic E-state index is 12.7. The van der Waals surface area contributed by atoms with Crippen LogP contribution in [0.3, 0.4) is 0 Å². The Morgan fingerprint density at radius 3 is 2.16 bits per heavy atom. The van der Waals surface area contributed by atoms with Crippen LogP contribution in [-0.2, 0) is 22.4 Å². The summed E-state index contributed by atoms with van der Waals surface area (Å²) in [4.78, 5) is 41.8. The molecule has 3 aromatic heterocycles. The average Bonchev–Trinajstić information content (AvgIpc) is 3.54. The number of thiophene rings is 1.